The minimum atomic E-state index is -0.115. The maximum atomic E-state index is 12.5. The highest BCUT2D eigenvalue weighted by atomic mass is 32.1. The Kier molecular flexibility index (Phi) is 4.18. The third-order valence-corrected chi connectivity index (χ3v) is 5.89. The number of aromatic nitrogens is 1. The Morgan fingerprint density at radius 3 is 3.04 bits per heavy atom. The maximum Gasteiger partial charge on any atom is 0.227 e. The summed E-state index contributed by atoms with van der Waals surface area (Å²) in [6.45, 7) is 2.61. The number of hydrogen-bond donors (Lipinski definition) is 1. The summed E-state index contributed by atoms with van der Waals surface area (Å²) >= 11 is 1.60. The van der Waals surface area contributed by atoms with Gasteiger partial charge in [0.25, 0.3) is 0 Å². The second kappa shape index (κ2) is 6.33. The van der Waals surface area contributed by atoms with Crippen LogP contribution in [0.25, 0.3) is 11.5 Å². The molecule has 1 saturated heterocycles. The van der Waals surface area contributed by atoms with Crippen LogP contribution in [0.2, 0.25) is 0 Å². The van der Waals surface area contributed by atoms with Crippen molar-refractivity contribution < 1.29 is 13.9 Å². The predicted octanol–water partition coefficient (Wildman–Crippen LogP) is 3.47. The molecule has 3 heterocycles. The van der Waals surface area contributed by atoms with Crippen molar-refractivity contribution in [1.29, 1.82) is 0 Å². The topological polar surface area (TPSA) is 64.4 Å². The molecule has 2 aliphatic rings. The molecule has 128 valence electrons. The van der Waals surface area contributed by atoms with E-state index < -0.39 is 0 Å². The third-order valence-electron chi connectivity index (χ3n) is 5.21. The molecule has 1 amide bonds. The van der Waals surface area contributed by atoms with Crippen LogP contribution in [0.15, 0.2) is 21.2 Å². The summed E-state index contributed by atoms with van der Waals surface area (Å²) in [6.07, 6.45) is 5.67. The fourth-order valence-electron chi connectivity index (χ4n) is 3.91. The second-order valence-electron chi connectivity index (χ2n) is 6.74. The van der Waals surface area contributed by atoms with Gasteiger partial charge in [0.1, 0.15) is 5.76 Å². The van der Waals surface area contributed by atoms with Gasteiger partial charge >= 0.3 is 0 Å². The molecular formula is C18H22N2O3S. The summed E-state index contributed by atoms with van der Waals surface area (Å²) in [7, 11) is 0. The first kappa shape index (κ1) is 15.8. The van der Waals surface area contributed by atoms with E-state index >= 15 is 0 Å². The van der Waals surface area contributed by atoms with Crippen molar-refractivity contribution in [3.8, 4) is 11.5 Å². The Labute approximate surface area is 145 Å². The van der Waals surface area contributed by atoms with Crippen molar-refractivity contribution in [2.75, 3.05) is 6.61 Å². The minimum absolute atomic E-state index is 0.00467. The number of ether oxygens (including phenoxy) is 1. The lowest BCUT2D eigenvalue weighted by Crippen LogP contribution is -2.48. The second-order valence-corrected chi connectivity index (χ2v) is 7.52. The molecular weight excluding hydrogens is 324 g/mol. The van der Waals surface area contributed by atoms with Gasteiger partial charge in [0.15, 0.2) is 0 Å². The van der Waals surface area contributed by atoms with Crippen LogP contribution in [0.4, 0.5) is 0 Å². The number of hydrogen-bond acceptors (Lipinski definition) is 5. The Hall–Kier alpha value is -1.66. The summed E-state index contributed by atoms with van der Waals surface area (Å²) in [5.41, 5.74) is 1.56. The van der Waals surface area contributed by atoms with Gasteiger partial charge in [0.2, 0.25) is 11.8 Å². The highest BCUT2D eigenvalue weighted by Gasteiger charge is 2.46. The van der Waals surface area contributed by atoms with Crippen molar-refractivity contribution in [3.63, 3.8) is 0 Å². The summed E-state index contributed by atoms with van der Waals surface area (Å²) in [6, 6.07) is 2.11. The molecule has 1 atom stereocenters. The first-order chi connectivity index (χ1) is 11.7. The lowest BCUT2D eigenvalue weighted by molar-refractivity contribution is -0.122. The molecule has 2 aromatic heterocycles. The molecule has 2 aromatic rings. The van der Waals surface area contributed by atoms with Gasteiger partial charge in [-0.25, -0.2) is 4.98 Å². The minimum Gasteiger partial charge on any atom is -0.441 e. The molecule has 1 unspecified atom stereocenters. The van der Waals surface area contributed by atoms with Crippen molar-refractivity contribution in [3.05, 3.63) is 28.3 Å². The quantitative estimate of drug-likeness (QED) is 0.921. The SMILES string of the molecule is Cc1oc(-c2ccsc2)nc1CC(=O)NC1CCOC12CCCC2. The van der Waals surface area contributed by atoms with Crippen LogP contribution in [0.5, 0.6) is 0 Å². The van der Waals surface area contributed by atoms with E-state index in [0.717, 1.165) is 31.4 Å². The van der Waals surface area contributed by atoms with Gasteiger partial charge < -0.3 is 14.5 Å². The lowest BCUT2D eigenvalue weighted by atomic mass is 9.92. The van der Waals surface area contributed by atoms with E-state index in [1.165, 1.54) is 12.8 Å². The Morgan fingerprint density at radius 2 is 2.29 bits per heavy atom. The fourth-order valence-corrected chi connectivity index (χ4v) is 4.54. The fraction of sp³-hybridized carbons (Fsp3) is 0.556. The van der Waals surface area contributed by atoms with E-state index in [9.17, 15) is 4.79 Å². The molecule has 24 heavy (non-hydrogen) atoms. The van der Waals surface area contributed by atoms with E-state index in [2.05, 4.69) is 10.3 Å². The standard InChI is InChI=1S/C18H22N2O3S/c1-12-14(19-17(23-12)13-5-9-24-11-13)10-16(21)20-15-4-8-22-18(15)6-2-3-7-18/h5,9,11,15H,2-4,6-8,10H2,1H3,(H,20,21). The number of oxazole rings is 1. The molecule has 0 aromatic carbocycles. The Balaban J connectivity index is 1.43. The molecule has 5 nitrogen and oxygen atoms in total. The molecule has 4 rings (SSSR count). The molecule has 0 radical (unpaired) electrons. The summed E-state index contributed by atoms with van der Waals surface area (Å²) in [5.74, 6) is 1.31. The summed E-state index contributed by atoms with van der Waals surface area (Å²) in [5, 5.41) is 7.17. The first-order valence-electron chi connectivity index (χ1n) is 8.58. The number of thiophene rings is 1. The predicted molar refractivity (Wildman–Crippen MR) is 92.0 cm³/mol. The number of nitrogens with one attached hydrogen (secondary N) is 1. The van der Waals surface area contributed by atoms with Crippen LogP contribution in [0.1, 0.15) is 43.6 Å². The van der Waals surface area contributed by atoms with Crippen molar-refractivity contribution >= 4 is 17.2 Å². The molecule has 1 saturated carbocycles. The Bertz CT molecular complexity index is 711. The van der Waals surface area contributed by atoms with Crippen LogP contribution in [-0.2, 0) is 16.0 Å². The van der Waals surface area contributed by atoms with E-state index in [1.807, 2.05) is 23.8 Å². The lowest BCUT2D eigenvalue weighted by Gasteiger charge is -2.30. The smallest absolute Gasteiger partial charge is 0.227 e. The van der Waals surface area contributed by atoms with Crippen LogP contribution in [0, 0.1) is 6.92 Å². The van der Waals surface area contributed by atoms with Gasteiger partial charge in [-0.15, -0.1) is 0 Å². The van der Waals surface area contributed by atoms with Crippen molar-refractivity contribution in [2.45, 2.75) is 57.1 Å². The molecule has 0 bridgehead atoms. The van der Waals surface area contributed by atoms with E-state index in [4.69, 9.17) is 9.15 Å². The average Bonchev–Trinajstić information content (AvgIpc) is 3.31. The van der Waals surface area contributed by atoms with Gasteiger partial charge in [-0.2, -0.15) is 11.3 Å². The normalized spacial score (nSPS) is 22.3. The number of aryl methyl sites for hydroxylation is 1. The first-order valence-corrected chi connectivity index (χ1v) is 9.53. The monoisotopic (exact) mass is 346 g/mol. The zero-order valence-corrected chi connectivity index (χ0v) is 14.7. The number of nitrogens with zero attached hydrogens (tertiary/aromatic N) is 1. The van der Waals surface area contributed by atoms with Gasteiger partial charge in [-0.05, 0) is 37.6 Å². The zero-order chi connectivity index (χ0) is 16.6. The highest BCUT2D eigenvalue weighted by Crippen LogP contribution is 2.41. The van der Waals surface area contributed by atoms with Crippen LogP contribution < -0.4 is 5.32 Å². The molecule has 6 heteroatoms. The van der Waals surface area contributed by atoms with E-state index in [1.54, 1.807) is 11.3 Å². The summed E-state index contributed by atoms with van der Waals surface area (Å²) in [4.78, 5) is 17.0. The van der Waals surface area contributed by atoms with Gasteiger partial charge in [0.05, 0.1) is 23.8 Å². The van der Waals surface area contributed by atoms with E-state index in [0.29, 0.717) is 17.3 Å². The van der Waals surface area contributed by atoms with Crippen LogP contribution >= 0.6 is 11.3 Å². The number of carbonyl (C=O) groups excluding carboxylic acids is 1. The van der Waals surface area contributed by atoms with Crippen molar-refractivity contribution in [1.82, 2.24) is 10.3 Å². The molecule has 1 N–H and O–H groups in total. The highest BCUT2D eigenvalue weighted by molar-refractivity contribution is 7.08. The molecule has 2 fully saturated rings. The van der Waals surface area contributed by atoms with Crippen LogP contribution in [-0.4, -0.2) is 29.1 Å². The summed E-state index contributed by atoms with van der Waals surface area (Å²) < 4.78 is 11.7. The Morgan fingerprint density at radius 1 is 1.46 bits per heavy atom. The zero-order valence-electron chi connectivity index (χ0n) is 13.8. The van der Waals surface area contributed by atoms with Crippen molar-refractivity contribution in [2.24, 2.45) is 0 Å². The van der Waals surface area contributed by atoms with Gasteiger partial charge in [-0.1, -0.05) is 12.8 Å². The number of rotatable bonds is 4. The third kappa shape index (κ3) is 2.89. The molecule has 1 aliphatic heterocycles. The van der Waals surface area contributed by atoms with Crippen LogP contribution in [0.3, 0.4) is 0 Å². The number of amides is 1. The average molecular weight is 346 g/mol. The largest absolute Gasteiger partial charge is 0.441 e. The van der Waals surface area contributed by atoms with E-state index in [-0.39, 0.29) is 24.0 Å². The number of carbonyl (C=O) groups is 1. The van der Waals surface area contributed by atoms with Gasteiger partial charge in [0, 0.05) is 17.6 Å². The molecule has 1 aliphatic carbocycles. The maximum absolute atomic E-state index is 12.5. The molecule has 1 spiro atoms. The van der Waals surface area contributed by atoms with Gasteiger partial charge in [-0.3, -0.25) is 4.79 Å².